The van der Waals surface area contributed by atoms with Gasteiger partial charge in [0.1, 0.15) is 5.82 Å². The van der Waals surface area contributed by atoms with Crippen molar-refractivity contribution in [3.8, 4) is 0 Å². The Morgan fingerprint density at radius 2 is 2.15 bits per heavy atom. The van der Waals surface area contributed by atoms with Crippen LogP contribution in [0.2, 0.25) is 0 Å². The Morgan fingerprint density at radius 1 is 1.40 bits per heavy atom. The molecule has 2 aliphatic rings. The minimum atomic E-state index is -0.190. The molecule has 2 fully saturated rings. The van der Waals surface area contributed by atoms with Gasteiger partial charge in [0.15, 0.2) is 0 Å². The number of rotatable bonds is 2. The summed E-state index contributed by atoms with van der Waals surface area (Å²) in [6, 6.07) is 0. The molecule has 1 spiro atoms. The van der Waals surface area contributed by atoms with Crippen molar-refractivity contribution in [3.05, 3.63) is 5.82 Å². The predicted molar refractivity (Wildman–Crippen MR) is 79.4 cm³/mol. The fourth-order valence-corrected chi connectivity index (χ4v) is 3.90. The quantitative estimate of drug-likeness (QED) is 0.906. The molecule has 1 aromatic heterocycles. The number of anilines is 1. The first-order chi connectivity index (χ1) is 9.58. The summed E-state index contributed by atoms with van der Waals surface area (Å²) in [5, 5.41) is 10.9. The van der Waals surface area contributed by atoms with E-state index in [4.69, 9.17) is 4.74 Å². The van der Waals surface area contributed by atoms with Crippen molar-refractivity contribution in [2.24, 2.45) is 0 Å². The van der Waals surface area contributed by atoms with Crippen LogP contribution in [-0.2, 0) is 4.74 Å². The summed E-state index contributed by atoms with van der Waals surface area (Å²) in [6.07, 6.45) is 3.32. The second-order valence-electron chi connectivity index (χ2n) is 6.25. The summed E-state index contributed by atoms with van der Waals surface area (Å²) >= 11 is 1.49. The highest BCUT2D eigenvalue weighted by Crippen LogP contribution is 2.36. The summed E-state index contributed by atoms with van der Waals surface area (Å²) in [6.45, 7) is 6.82. The highest BCUT2D eigenvalue weighted by Gasteiger charge is 2.40. The van der Waals surface area contributed by atoms with Gasteiger partial charge in [0.2, 0.25) is 5.13 Å². The molecule has 5 nitrogen and oxygen atoms in total. The van der Waals surface area contributed by atoms with Gasteiger partial charge in [-0.1, -0.05) is 13.8 Å². The molecule has 0 amide bonds. The Morgan fingerprint density at radius 3 is 2.75 bits per heavy atom. The highest BCUT2D eigenvalue weighted by atomic mass is 32.1. The maximum absolute atomic E-state index is 9.86. The number of nitrogens with zero attached hydrogens (tertiary/aromatic N) is 3. The van der Waals surface area contributed by atoms with Crippen molar-refractivity contribution in [1.82, 2.24) is 9.36 Å². The van der Waals surface area contributed by atoms with Gasteiger partial charge in [-0.05, 0) is 19.3 Å². The molecule has 112 valence electrons. The van der Waals surface area contributed by atoms with Crippen molar-refractivity contribution in [2.75, 3.05) is 24.6 Å². The van der Waals surface area contributed by atoms with E-state index in [1.165, 1.54) is 11.5 Å². The maximum atomic E-state index is 9.86. The second-order valence-corrected chi connectivity index (χ2v) is 6.99. The lowest BCUT2D eigenvalue weighted by atomic mass is 9.83. The van der Waals surface area contributed by atoms with Gasteiger partial charge in [-0.15, -0.1) is 0 Å². The first-order valence-electron chi connectivity index (χ1n) is 7.49. The van der Waals surface area contributed by atoms with E-state index in [2.05, 4.69) is 28.1 Å². The molecule has 2 aliphatic heterocycles. The Labute approximate surface area is 124 Å². The van der Waals surface area contributed by atoms with Crippen LogP contribution in [0, 0.1) is 0 Å². The first-order valence-corrected chi connectivity index (χ1v) is 8.26. The zero-order valence-electron chi connectivity index (χ0n) is 12.2. The Hall–Kier alpha value is -0.720. The summed E-state index contributed by atoms with van der Waals surface area (Å²) in [5.41, 5.74) is -0.0975. The fourth-order valence-electron chi connectivity index (χ4n) is 3.05. The number of hydrogen-bond acceptors (Lipinski definition) is 6. The molecule has 1 unspecified atom stereocenters. The van der Waals surface area contributed by atoms with Crippen LogP contribution in [0.4, 0.5) is 5.13 Å². The van der Waals surface area contributed by atoms with Crippen molar-refractivity contribution in [1.29, 1.82) is 0 Å². The van der Waals surface area contributed by atoms with Gasteiger partial charge in [0, 0.05) is 43.6 Å². The van der Waals surface area contributed by atoms with Crippen molar-refractivity contribution in [2.45, 2.75) is 57.2 Å². The number of aromatic nitrogens is 2. The second kappa shape index (κ2) is 5.58. The SMILES string of the molecule is CC(C)c1nsc(N2CCC3(CC2)CC(O)CCO3)n1. The predicted octanol–water partition coefficient (Wildman–Crippen LogP) is 2.17. The third kappa shape index (κ3) is 2.82. The van der Waals surface area contributed by atoms with Gasteiger partial charge < -0.3 is 14.7 Å². The lowest BCUT2D eigenvalue weighted by Crippen LogP contribution is -2.50. The molecule has 20 heavy (non-hydrogen) atoms. The van der Waals surface area contributed by atoms with Crippen LogP contribution in [-0.4, -0.2) is 45.9 Å². The van der Waals surface area contributed by atoms with Gasteiger partial charge in [0.25, 0.3) is 0 Å². The lowest BCUT2D eigenvalue weighted by Gasteiger charge is -2.45. The zero-order chi connectivity index (χ0) is 14.2. The minimum absolute atomic E-state index is 0.0975. The normalized spacial score (nSPS) is 26.4. The van der Waals surface area contributed by atoms with Gasteiger partial charge in [0.05, 0.1) is 11.7 Å². The van der Waals surface area contributed by atoms with E-state index in [1.807, 2.05) is 0 Å². The summed E-state index contributed by atoms with van der Waals surface area (Å²) < 4.78 is 10.4. The number of ether oxygens (including phenoxy) is 1. The molecule has 0 saturated carbocycles. The summed E-state index contributed by atoms with van der Waals surface area (Å²) in [7, 11) is 0. The summed E-state index contributed by atoms with van der Waals surface area (Å²) in [5.74, 6) is 1.32. The molecule has 1 N–H and O–H groups in total. The van der Waals surface area contributed by atoms with E-state index >= 15 is 0 Å². The van der Waals surface area contributed by atoms with Crippen LogP contribution < -0.4 is 4.90 Å². The molecule has 3 heterocycles. The van der Waals surface area contributed by atoms with Crippen molar-refractivity contribution in [3.63, 3.8) is 0 Å². The van der Waals surface area contributed by atoms with E-state index in [0.717, 1.165) is 49.7 Å². The first kappa shape index (κ1) is 14.2. The molecule has 1 atom stereocenters. The van der Waals surface area contributed by atoms with Gasteiger partial charge in [-0.25, -0.2) is 4.98 Å². The van der Waals surface area contributed by atoms with Gasteiger partial charge in [-0.3, -0.25) is 0 Å². The molecule has 0 aliphatic carbocycles. The molecule has 0 bridgehead atoms. The number of aliphatic hydroxyl groups is 1. The average Bonchev–Trinajstić information content (AvgIpc) is 2.89. The van der Waals surface area contributed by atoms with Crippen LogP contribution >= 0.6 is 11.5 Å². The number of piperidine rings is 1. The number of aliphatic hydroxyl groups excluding tert-OH is 1. The van der Waals surface area contributed by atoms with E-state index in [0.29, 0.717) is 12.5 Å². The smallest absolute Gasteiger partial charge is 0.205 e. The monoisotopic (exact) mass is 297 g/mol. The zero-order valence-corrected chi connectivity index (χ0v) is 13.0. The van der Waals surface area contributed by atoms with Crippen molar-refractivity contribution >= 4 is 16.7 Å². The Bertz CT molecular complexity index is 455. The van der Waals surface area contributed by atoms with Gasteiger partial charge in [-0.2, -0.15) is 4.37 Å². The standard InChI is InChI=1S/C14H23N3O2S/c1-10(2)12-15-13(20-16-12)17-6-4-14(5-7-17)9-11(18)3-8-19-14/h10-11,18H,3-9H2,1-2H3. The maximum Gasteiger partial charge on any atom is 0.205 e. The molecular formula is C14H23N3O2S. The molecule has 6 heteroatoms. The molecule has 0 aromatic carbocycles. The van der Waals surface area contributed by atoms with E-state index in [-0.39, 0.29) is 11.7 Å². The van der Waals surface area contributed by atoms with Crippen molar-refractivity contribution < 1.29 is 9.84 Å². The van der Waals surface area contributed by atoms with Crippen LogP contribution in [0.5, 0.6) is 0 Å². The molecule has 3 rings (SSSR count). The Kier molecular flexibility index (Phi) is 3.97. The molecule has 0 radical (unpaired) electrons. The molecule has 2 saturated heterocycles. The largest absolute Gasteiger partial charge is 0.393 e. The van der Waals surface area contributed by atoms with E-state index in [1.54, 1.807) is 0 Å². The average molecular weight is 297 g/mol. The summed E-state index contributed by atoms with van der Waals surface area (Å²) in [4.78, 5) is 6.93. The lowest BCUT2D eigenvalue weighted by molar-refractivity contribution is -0.128. The van der Waals surface area contributed by atoms with E-state index < -0.39 is 0 Å². The number of hydrogen-bond donors (Lipinski definition) is 1. The third-order valence-corrected chi connectivity index (χ3v) is 5.15. The minimum Gasteiger partial charge on any atom is -0.393 e. The van der Waals surface area contributed by atoms with Crippen LogP contribution in [0.15, 0.2) is 0 Å². The molecular weight excluding hydrogens is 274 g/mol. The molecule has 1 aromatic rings. The van der Waals surface area contributed by atoms with Gasteiger partial charge >= 0.3 is 0 Å². The van der Waals surface area contributed by atoms with Crippen LogP contribution in [0.1, 0.15) is 51.3 Å². The van der Waals surface area contributed by atoms with E-state index in [9.17, 15) is 5.11 Å². The fraction of sp³-hybridized carbons (Fsp3) is 0.857. The Balaban J connectivity index is 1.63. The topological polar surface area (TPSA) is 58.5 Å². The van der Waals surface area contributed by atoms with Crippen LogP contribution in [0.3, 0.4) is 0 Å². The van der Waals surface area contributed by atoms with Crippen LogP contribution in [0.25, 0.3) is 0 Å². The third-order valence-electron chi connectivity index (χ3n) is 4.36. The highest BCUT2D eigenvalue weighted by molar-refractivity contribution is 7.09.